The summed E-state index contributed by atoms with van der Waals surface area (Å²) in [7, 11) is -0.689. The van der Waals surface area contributed by atoms with Gasteiger partial charge in [-0.15, -0.1) is 0 Å². The van der Waals surface area contributed by atoms with Crippen LogP contribution in [0.15, 0.2) is 152 Å². The van der Waals surface area contributed by atoms with Gasteiger partial charge in [0, 0.05) is 0 Å². The molecule has 32 heavy (non-hydrogen) atoms. The zero-order valence-corrected chi connectivity index (χ0v) is 19.8. The number of hydrogen-bond donors (Lipinski definition) is 0. The van der Waals surface area contributed by atoms with E-state index in [1.165, 1.54) is 26.5 Å². The molecule has 5 aromatic rings. The molecule has 0 N–H and O–H groups in total. The van der Waals surface area contributed by atoms with Crippen molar-refractivity contribution in [2.45, 2.75) is 0 Å². The topological polar surface area (TPSA) is 0 Å². The molecule has 0 radical (unpaired) electrons. The first-order chi connectivity index (χ1) is 15.9. The number of benzene rings is 5. The molecule has 0 spiro atoms. The fourth-order valence-electron chi connectivity index (χ4n) is 4.62. The summed E-state index contributed by atoms with van der Waals surface area (Å²) in [6.45, 7) is -2.47. The molecular weight excluding hydrogens is 422 g/mol. The molecule has 0 nitrogen and oxygen atoms in total. The molecule has 0 saturated heterocycles. The van der Waals surface area contributed by atoms with E-state index in [9.17, 15) is 0 Å². The summed E-state index contributed by atoms with van der Waals surface area (Å²) < 4.78 is 0. The third-order valence-corrected chi connectivity index (χ3v) is 17.6. The molecule has 0 amide bonds. The average Bonchev–Trinajstić information content (AvgIpc) is 2.90. The summed E-state index contributed by atoms with van der Waals surface area (Å²) in [5.74, 6) is 0. The molecular formula is C30H26P2. The Balaban J connectivity index is 1.94. The van der Waals surface area contributed by atoms with Gasteiger partial charge in [0.25, 0.3) is 0 Å². The fourth-order valence-corrected chi connectivity index (χ4v) is 17.3. The van der Waals surface area contributed by atoms with Gasteiger partial charge in [-0.1, -0.05) is 0 Å². The van der Waals surface area contributed by atoms with Gasteiger partial charge in [0.1, 0.15) is 0 Å². The molecule has 0 aliphatic carbocycles. The molecule has 0 aliphatic heterocycles. The summed E-state index contributed by atoms with van der Waals surface area (Å²) >= 11 is 0. The molecule has 0 bridgehead atoms. The number of rotatable bonds is 6. The van der Waals surface area contributed by atoms with Crippen molar-refractivity contribution < 1.29 is 0 Å². The zero-order valence-electron chi connectivity index (χ0n) is 17.9. The van der Waals surface area contributed by atoms with E-state index in [4.69, 9.17) is 0 Å². The Bertz CT molecular complexity index is 1100. The van der Waals surface area contributed by atoms with Gasteiger partial charge in [-0.2, -0.15) is 0 Å². The average molecular weight is 448 g/mol. The van der Waals surface area contributed by atoms with Crippen LogP contribution in [0.1, 0.15) is 0 Å². The van der Waals surface area contributed by atoms with Crippen molar-refractivity contribution in [1.29, 1.82) is 0 Å². The Morgan fingerprint density at radius 1 is 0.312 bits per heavy atom. The molecule has 0 aromatic heterocycles. The second-order valence-electron chi connectivity index (χ2n) is 7.81. The van der Waals surface area contributed by atoms with Crippen LogP contribution < -0.4 is 26.5 Å². The van der Waals surface area contributed by atoms with Crippen molar-refractivity contribution >= 4 is 41.1 Å². The van der Waals surface area contributed by atoms with Crippen molar-refractivity contribution in [3.63, 3.8) is 0 Å². The van der Waals surface area contributed by atoms with Gasteiger partial charge in [-0.25, -0.2) is 0 Å². The maximum atomic E-state index is 2.35. The van der Waals surface area contributed by atoms with Crippen LogP contribution in [0, 0.1) is 0 Å². The van der Waals surface area contributed by atoms with Crippen molar-refractivity contribution in [3.8, 4) is 0 Å². The monoisotopic (exact) mass is 448 g/mol. The summed E-state index contributed by atoms with van der Waals surface area (Å²) in [5, 5.41) is 7.22. The second-order valence-corrected chi connectivity index (χ2v) is 16.0. The third-order valence-electron chi connectivity index (χ3n) is 5.94. The van der Waals surface area contributed by atoms with E-state index in [1.807, 2.05) is 0 Å². The van der Waals surface area contributed by atoms with Crippen LogP contribution in [0.4, 0.5) is 0 Å². The van der Waals surface area contributed by atoms with E-state index in [2.05, 4.69) is 152 Å². The van der Waals surface area contributed by atoms with E-state index in [1.54, 1.807) is 0 Å². The molecule has 2 heteroatoms. The Labute approximate surface area is 192 Å². The fraction of sp³-hybridized carbons (Fsp3) is 0. The first kappa shape index (κ1) is 20.8. The van der Waals surface area contributed by atoms with Crippen LogP contribution in [-0.4, -0.2) is 0 Å². The SMILES string of the molecule is c1ccc(P(c2ccccc2)[PH](c2ccccc2)(c2ccccc2)c2ccccc2)cc1. The summed E-state index contributed by atoms with van der Waals surface area (Å²) in [4.78, 5) is 0. The third kappa shape index (κ3) is 3.82. The van der Waals surface area contributed by atoms with Gasteiger partial charge in [0.05, 0.1) is 0 Å². The Morgan fingerprint density at radius 3 is 0.844 bits per heavy atom. The Kier molecular flexibility index (Phi) is 6.27. The van der Waals surface area contributed by atoms with Crippen LogP contribution in [0.2, 0.25) is 0 Å². The molecule has 156 valence electrons. The molecule has 0 saturated carbocycles. The van der Waals surface area contributed by atoms with Crippen LogP contribution in [0.5, 0.6) is 0 Å². The Morgan fingerprint density at radius 2 is 0.562 bits per heavy atom. The first-order valence-corrected chi connectivity index (χ1v) is 15.2. The van der Waals surface area contributed by atoms with Crippen molar-refractivity contribution in [2.75, 3.05) is 0 Å². The molecule has 0 fully saturated rings. The standard InChI is InChI=1S/C30H26P2/c1-6-16-26(17-7-1)31(27-18-8-2-9-19-27)32(28-20-10-3-11-21-28,29-22-12-4-13-23-29)30-24-14-5-15-25-30/h1-25,32H. The molecule has 5 aromatic carbocycles. The molecule has 0 unspecified atom stereocenters. The van der Waals surface area contributed by atoms with Gasteiger partial charge >= 0.3 is 193 Å². The summed E-state index contributed by atoms with van der Waals surface area (Å²) in [5.41, 5.74) is 0. The van der Waals surface area contributed by atoms with E-state index in [0.717, 1.165) is 0 Å². The van der Waals surface area contributed by atoms with Crippen molar-refractivity contribution in [1.82, 2.24) is 0 Å². The van der Waals surface area contributed by atoms with Crippen molar-refractivity contribution in [3.05, 3.63) is 152 Å². The molecule has 5 rings (SSSR count). The zero-order chi connectivity index (χ0) is 21.6. The summed E-state index contributed by atoms with van der Waals surface area (Å²) in [6.07, 6.45) is 0. The predicted molar refractivity (Wildman–Crippen MR) is 146 cm³/mol. The van der Waals surface area contributed by atoms with E-state index < -0.39 is 14.6 Å². The minimum absolute atomic E-state index is 0.689. The van der Waals surface area contributed by atoms with Crippen LogP contribution in [-0.2, 0) is 0 Å². The number of hydrogen-bond acceptors (Lipinski definition) is 0. The van der Waals surface area contributed by atoms with Gasteiger partial charge < -0.3 is 0 Å². The van der Waals surface area contributed by atoms with E-state index >= 15 is 0 Å². The van der Waals surface area contributed by atoms with Crippen LogP contribution in [0.25, 0.3) is 0 Å². The van der Waals surface area contributed by atoms with Crippen LogP contribution >= 0.6 is 14.6 Å². The maximum absolute atomic E-state index is 2.47. The van der Waals surface area contributed by atoms with E-state index in [0.29, 0.717) is 0 Å². The van der Waals surface area contributed by atoms with Gasteiger partial charge in [0.15, 0.2) is 0 Å². The Hall–Kier alpha value is -3.04. The molecule has 0 aliphatic rings. The van der Waals surface area contributed by atoms with Gasteiger partial charge in [-0.05, 0) is 0 Å². The minimum atomic E-state index is -2.47. The molecule has 0 atom stereocenters. The van der Waals surface area contributed by atoms with Crippen molar-refractivity contribution in [2.24, 2.45) is 0 Å². The predicted octanol–water partition coefficient (Wildman–Crippen LogP) is 5.76. The summed E-state index contributed by atoms with van der Waals surface area (Å²) in [6, 6.07) is 56.0. The van der Waals surface area contributed by atoms with Gasteiger partial charge in [-0.3, -0.25) is 0 Å². The van der Waals surface area contributed by atoms with E-state index in [-0.39, 0.29) is 0 Å². The quantitative estimate of drug-likeness (QED) is 0.290. The van der Waals surface area contributed by atoms with Gasteiger partial charge in [0.2, 0.25) is 0 Å². The second kappa shape index (κ2) is 9.62. The van der Waals surface area contributed by atoms with Crippen LogP contribution in [0.3, 0.4) is 0 Å². The molecule has 0 heterocycles. The first-order valence-electron chi connectivity index (χ1n) is 11.0. The normalized spacial score (nSPS) is 11.9.